The van der Waals surface area contributed by atoms with Crippen LogP contribution in [0.4, 0.5) is 5.69 Å². The number of ether oxygens (including phenoxy) is 1. The van der Waals surface area contributed by atoms with Crippen molar-refractivity contribution in [3.05, 3.63) is 54.1 Å². The van der Waals surface area contributed by atoms with Crippen LogP contribution in [0.5, 0.6) is 5.75 Å². The number of rotatable bonds is 6. The molecule has 0 aliphatic heterocycles. The van der Waals surface area contributed by atoms with Gasteiger partial charge in [0.15, 0.2) is 0 Å². The van der Waals surface area contributed by atoms with E-state index in [4.69, 9.17) is 4.74 Å². The molecule has 1 amide bonds. The van der Waals surface area contributed by atoms with Crippen LogP contribution >= 0.6 is 11.8 Å². The van der Waals surface area contributed by atoms with Gasteiger partial charge in [0.25, 0.3) is 0 Å². The number of anilines is 1. The predicted molar refractivity (Wildman–Crippen MR) is 88.1 cm³/mol. The molecule has 4 heteroatoms. The molecule has 3 nitrogen and oxygen atoms in total. The molecule has 0 saturated heterocycles. The fourth-order valence-corrected chi connectivity index (χ4v) is 2.48. The van der Waals surface area contributed by atoms with Crippen LogP contribution in [-0.2, 0) is 4.79 Å². The largest absolute Gasteiger partial charge is 0.494 e. The molecule has 0 atom stereocenters. The van der Waals surface area contributed by atoms with E-state index in [1.54, 1.807) is 0 Å². The first kappa shape index (κ1) is 15.4. The van der Waals surface area contributed by atoms with Crippen molar-refractivity contribution in [2.45, 2.75) is 18.7 Å². The molecule has 0 unspecified atom stereocenters. The Bertz CT molecular complexity index is 579. The summed E-state index contributed by atoms with van der Waals surface area (Å²) in [5.74, 6) is 1.20. The normalized spacial score (nSPS) is 10.2. The lowest BCUT2D eigenvalue weighted by atomic mass is 10.2. The van der Waals surface area contributed by atoms with Crippen LogP contribution in [0.3, 0.4) is 0 Å². The number of benzene rings is 2. The third-order valence-corrected chi connectivity index (χ3v) is 3.85. The maximum atomic E-state index is 11.9. The lowest BCUT2D eigenvalue weighted by molar-refractivity contribution is -0.113. The summed E-state index contributed by atoms with van der Waals surface area (Å²) >= 11 is 1.53. The topological polar surface area (TPSA) is 38.3 Å². The summed E-state index contributed by atoms with van der Waals surface area (Å²) < 4.78 is 5.36. The smallest absolute Gasteiger partial charge is 0.234 e. The second-order valence-electron chi connectivity index (χ2n) is 4.61. The standard InChI is InChI=1S/C17H19NO2S/c1-3-20-15-8-6-14(7-9-15)18-17(19)12-21-16-10-4-13(2)5-11-16/h4-11H,3,12H2,1-2H3,(H,18,19). The van der Waals surface area contributed by atoms with Crippen molar-refractivity contribution in [2.24, 2.45) is 0 Å². The van der Waals surface area contributed by atoms with E-state index in [2.05, 4.69) is 5.32 Å². The monoisotopic (exact) mass is 301 g/mol. The number of nitrogens with one attached hydrogen (secondary N) is 1. The van der Waals surface area contributed by atoms with E-state index in [0.717, 1.165) is 16.3 Å². The summed E-state index contributed by atoms with van der Waals surface area (Å²) in [5.41, 5.74) is 2.01. The third kappa shape index (κ3) is 5.16. The molecule has 2 rings (SSSR count). The van der Waals surface area contributed by atoms with Gasteiger partial charge < -0.3 is 10.1 Å². The molecule has 0 radical (unpaired) electrons. The highest BCUT2D eigenvalue weighted by molar-refractivity contribution is 8.00. The van der Waals surface area contributed by atoms with E-state index in [0.29, 0.717) is 12.4 Å². The highest BCUT2D eigenvalue weighted by atomic mass is 32.2. The Morgan fingerprint density at radius 1 is 1.10 bits per heavy atom. The van der Waals surface area contributed by atoms with Crippen LogP contribution in [0, 0.1) is 6.92 Å². The van der Waals surface area contributed by atoms with Crippen LogP contribution < -0.4 is 10.1 Å². The SMILES string of the molecule is CCOc1ccc(NC(=O)CSc2ccc(C)cc2)cc1. The molecule has 0 heterocycles. The first-order valence-corrected chi connectivity index (χ1v) is 7.88. The van der Waals surface area contributed by atoms with Crippen molar-refractivity contribution in [3.63, 3.8) is 0 Å². The molecular formula is C17H19NO2S. The van der Waals surface area contributed by atoms with Gasteiger partial charge in [0.2, 0.25) is 5.91 Å². The zero-order valence-electron chi connectivity index (χ0n) is 12.3. The van der Waals surface area contributed by atoms with Gasteiger partial charge in [-0.2, -0.15) is 0 Å². The van der Waals surface area contributed by atoms with Gasteiger partial charge in [-0.25, -0.2) is 0 Å². The van der Waals surface area contributed by atoms with Crippen molar-refractivity contribution < 1.29 is 9.53 Å². The lowest BCUT2D eigenvalue weighted by Gasteiger charge is -2.07. The van der Waals surface area contributed by atoms with E-state index < -0.39 is 0 Å². The van der Waals surface area contributed by atoms with Crippen molar-refractivity contribution >= 4 is 23.4 Å². The summed E-state index contributed by atoms with van der Waals surface area (Å²) in [5, 5.41) is 2.88. The van der Waals surface area contributed by atoms with Crippen molar-refractivity contribution in [2.75, 3.05) is 17.7 Å². The summed E-state index contributed by atoms with van der Waals surface area (Å²) in [6.07, 6.45) is 0. The highest BCUT2D eigenvalue weighted by Crippen LogP contribution is 2.19. The minimum atomic E-state index is -0.00950. The molecule has 1 N–H and O–H groups in total. The highest BCUT2D eigenvalue weighted by Gasteiger charge is 2.04. The van der Waals surface area contributed by atoms with Crippen LogP contribution in [-0.4, -0.2) is 18.3 Å². The Kier molecular flexibility index (Phi) is 5.69. The molecular weight excluding hydrogens is 282 g/mol. The summed E-state index contributed by atoms with van der Waals surface area (Å²) in [6.45, 7) is 4.63. The van der Waals surface area contributed by atoms with Gasteiger partial charge in [-0.3, -0.25) is 4.79 Å². The van der Waals surface area contributed by atoms with Gasteiger partial charge in [0.1, 0.15) is 5.75 Å². The molecule has 2 aromatic carbocycles. The van der Waals surface area contributed by atoms with Gasteiger partial charge >= 0.3 is 0 Å². The average molecular weight is 301 g/mol. The number of amides is 1. The maximum absolute atomic E-state index is 11.9. The van der Waals surface area contributed by atoms with Crippen molar-refractivity contribution in [3.8, 4) is 5.75 Å². The van der Waals surface area contributed by atoms with Gasteiger partial charge in [-0.1, -0.05) is 17.7 Å². The van der Waals surface area contributed by atoms with E-state index in [9.17, 15) is 4.79 Å². The van der Waals surface area contributed by atoms with Gasteiger partial charge in [-0.05, 0) is 50.2 Å². The number of hydrogen-bond donors (Lipinski definition) is 1. The molecule has 0 bridgehead atoms. The number of thioether (sulfide) groups is 1. The molecule has 2 aromatic rings. The Morgan fingerprint density at radius 3 is 2.38 bits per heavy atom. The lowest BCUT2D eigenvalue weighted by Crippen LogP contribution is -2.13. The molecule has 0 aliphatic carbocycles. The quantitative estimate of drug-likeness (QED) is 0.815. The van der Waals surface area contributed by atoms with E-state index >= 15 is 0 Å². The number of carbonyl (C=O) groups is 1. The van der Waals surface area contributed by atoms with Crippen LogP contribution in [0.1, 0.15) is 12.5 Å². The third-order valence-electron chi connectivity index (χ3n) is 2.84. The van der Waals surface area contributed by atoms with E-state index in [1.807, 2.05) is 62.4 Å². The molecule has 110 valence electrons. The zero-order valence-corrected chi connectivity index (χ0v) is 13.1. The second-order valence-corrected chi connectivity index (χ2v) is 5.66. The predicted octanol–water partition coefficient (Wildman–Crippen LogP) is 4.12. The Morgan fingerprint density at radius 2 is 1.76 bits per heavy atom. The van der Waals surface area contributed by atoms with Crippen LogP contribution in [0.25, 0.3) is 0 Å². The first-order chi connectivity index (χ1) is 10.2. The molecule has 0 saturated carbocycles. The first-order valence-electron chi connectivity index (χ1n) is 6.89. The number of aryl methyl sites for hydroxylation is 1. The molecule has 21 heavy (non-hydrogen) atoms. The minimum Gasteiger partial charge on any atom is -0.494 e. The van der Waals surface area contributed by atoms with Crippen LogP contribution in [0.15, 0.2) is 53.4 Å². The fourth-order valence-electron chi connectivity index (χ4n) is 1.78. The Hall–Kier alpha value is -1.94. The summed E-state index contributed by atoms with van der Waals surface area (Å²) in [6, 6.07) is 15.6. The Balaban J connectivity index is 1.82. The molecule has 0 aliphatic rings. The number of hydrogen-bond acceptors (Lipinski definition) is 3. The van der Waals surface area contributed by atoms with Gasteiger partial charge in [0.05, 0.1) is 12.4 Å². The zero-order chi connectivity index (χ0) is 15.1. The van der Waals surface area contributed by atoms with Crippen molar-refractivity contribution in [1.29, 1.82) is 0 Å². The summed E-state index contributed by atoms with van der Waals surface area (Å²) in [4.78, 5) is 13.0. The molecule has 0 fully saturated rings. The minimum absolute atomic E-state index is 0.00950. The maximum Gasteiger partial charge on any atom is 0.234 e. The van der Waals surface area contributed by atoms with Crippen LogP contribution in [0.2, 0.25) is 0 Å². The van der Waals surface area contributed by atoms with E-state index in [-0.39, 0.29) is 5.91 Å². The van der Waals surface area contributed by atoms with Crippen molar-refractivity contribution in [1.82, 2.24) is 0 Å². The molecule has 0 spiro atoms. The number of carbonyl (C=O) groups excluding carboxylic acids is 1. The van der Waals surface area contributed by atoms with Gasteiger partial charge in [0, 0.05) is 10.6 Å². The average Bonchev–Trinajstić information content (AvgIpc) is 2.49. The van der Waals surface area contributed by atoms with E-state index in [1.165, 1.54) is 17.3 Å². The summed E-state index contributed by atoms with van der Waals surface area (Å²) in [7, 11) is 0. The van der Waals surface area contributed by atoms with Gasteiger partial charge in [-0.15, -0.1) is 11.8 Å². The fraction of sp³-hybridized carbons (Fsp3) is 0.235. The Labute approximate surface area is 129 Å². The second kappa shape index (κ2) is 7.74. The molecule has 0 aromatic heterocycles.